The predicted molar refractivity (Wildman–Crippen MR) is 45.9 cm³/mol. The second kappa shape index (κ2) is 2.59. The second-order valence-corrected chi connectivity index (χ2v) is 2.89. The number of carbonyl (C=O) groups is 1. The third-order valence-electron chi connectivity index (χ3n) is 2.18. The molecule has 0 bridgehead atoms. The largest absolute Gasteiger partial charge is 0.310 e. The van der Waals surface area contributed by atoms with Crippen LogP contribution in [0.15, 0.2) is 18.3 Å². The van der Waals surface area contributed by atoms with E-state index < -0.39 is 0 Å². The molecule has 1 aliphatic heterocycles. The highest BCUT2D eigenvalue weighted by Crippen LogP contribution is 2.31. The molecule has 1 N–H and O–H groups in total. The highest BCUT2D eigenvalue weighted by Gasteiger charge is 2.29. The van der Waals surface area contributed by atoms with Crippen LogP contribution in [0.1, 0.15) is 24.8 Å². The van der Waals surface area contributed by atoms with Gasteiger partial charge >= 0.3 is 0 Å². The lowest BCUT2D eigenvalue weighted by molar-refractivity contribution is -0.117. The zero-order valence-electron chi connectivity index (χ0n) is 6.87. The molecule has 2 rings (SSSR count). The van der Waals surface area contributed by atoms with Crippen LogP contribution in [-0.4, -0.2) is 10.9 Å². The van der Waals surface area contributed by atoms with Gasteiger partial charge in [-0.05, 0) is 12.5 Å². The Morgan fingerprint density at radius 3 is 3.25 bits per heavy atom. The molecule has 0 saturated carbocycles. The average Bonchev–Trinajstić information content (AvgIpc) is 2.40. The molecule has 1 aromatic heterocycles. The van der Waals surface area contributed by atoms with E-state index in [4.69, 9.17) is 0 Å². The van der Waals surface area contributed by atoms with E-state index >= 15 is 0 Å². The van der Waals surface area contributed by atoms with Crippen LogP contribution in [0.3, 0.4) is 0 Å². The van der Waals surface area contributed by atoms with Gasteiger partial charge in [-0.25, -0.2) is 4.98 Å². The molecule has 0 radical (unpaired) electrons. The highest BCUT2D eigenvalue weighted by molar-refractivity contribution is 6.01. The van der Waals surface area contributed by atoms with Gasteiger partial charge in [-0.15, -0.1) is 0 Å². The van der Waals surface area contributed by atoms with Crippen LogP contribution in [0.5, 0.6) is 0 Å². The van der Waals surface area contributed by atoms with Gasteiger partial charge in [0.25, 0.3) is 0 Å². The zero-order chi connectivity index (χ0) is 8.55. The Kier molecular flexibility index (Phi) is 1.57. The van der Waals surface area contributed by atoms with Crippen LogP contribution >= 0.6 is 0 Å². The molecule has 1 atom stereocenters. The van der Waals surface area contributed by atoms with E-state index in [0.29, 0.717) is 0 Å². The lowest BCUT2D eigenvalue weighted by atomic mass is 10.0. The molecule has 62 valence electrons. The summed E-state index contributed by atoms with van der Waals surface area (Å²) in [5, 5.41) is 2.75. The van der Waals surface area contributed by atoms with Gasteiger partial charge < -0.3 is 5.32 Å². The molecule has 1 amide bonds. The number of amides is 1. The fourth-order valence-corrected chi connectivity index (χ4v) is 1.55. The minimum absolute atomic E-state index is 0.00806. The number of nitrogens with one attached hydrogen (secondary N) is 1. The number of aromatic nitrogens is 1. The number of hydrogen-bond donors (Lipinski definition) is 1. The molecule has 0 fully saturated rings. The number of hydrogen-bond acceptors (Lipinski definition) is 2. The van der Waals surface area contributed by atoms with Crippen molar-refractivity contribution in [1.82, 2.24) is 4.98 Å². The number of nitrogens with zero attached hydrogens (tertiary/aromatic N) is 1. The summed E-state index contributed by atoms with van der Waals surface area (Å²) < 4.78 is 0. The summed E-state index contributed by atoms with van der Waals surface area (Å²) in [7, 11) is 0. The maximum Gasteiger partial charge on any atom is 0.233 e. The van der Waals surface area contributed by atoms with Crippen molar-refractivity contribution in [3.63, 3.8) is 0 Å². The van der Waals surface area contributed by atoms with Crippen molar-refractivity contribution < 1.29 is 4.79 Å². The van der Waals surface area contributed by atoms with Gasteiger partial charge in [-0.3, -0.25) is 4.79 Å². The van der Waals surface area contributed by atoms with E-state index in [-0.39, 0.29) is 11.8 Å². The third kappa shape index (κ3) is 0.897. The van der Waals surface area contributed by atoms with Crippen molar-refractivity contribution in [1.29, 1.82) is 0 Å². The normalized spacial score (nSPS) is 20.4. The molecule has 0 saturated heterocycles. The molecular weight excluding hydrogens is 152 g/mol. The van der Waals surface area contributed by atoms with Crippen LogP contribution in [0.4, 0.5) is 5.82 Å². The maximum absolute atomic E-state index is 11.3. The summed E-state index contributed by atoms with van der Waals surface area (Å²) >= 11 is 0. The Bertz CT molecular complexity index is 322. The van der Waals surface area contributed by atoms with Crippen molar-refractivity contribution in [3.05, 3.63) is 23.9 Å². The number of carbonyl (C=O) groups excluding carboxylic acids is 1. The molecule has 0 spiro atoms. The first kappa shape index (κ1) is 7.28. The first-order chi connectivity index (χ1) is 5.83. The highest BCUT2D eigenvalue weighted by atomic mass is 16.2. The second-order valence-electron chi connectivity index (χ2n) is 2.89. The number of rotatable bonds is 1. The van der Waals surface area contributed by atoms with E-state index in [0.717, 1.165) is 17.8 Å². The Balaban J connectivity index is 2.47. The molecule has 12 heavy (non-hydrogen) atoms. The number of pyridine rings is 1. The van der Waals surface area contributed by atoms with Gasteiger partial charge in [0.2, 0.25) is 5.91 Å². The van der Waals surface area contributed by atoms with Crippen LogP contribution in [-0.2, 0) is 4.79 Å². The maximum atomic E-state index is 11.3. The Labute approximate surface area is 70.8 Å². The van der Waals surface area contributed by atoms with Gasteiger partial charge in [-0.1, -0.05) is 13.0 Å². The van der Waals surface area contributed by atoms with Crippen molar-refractivity contribution in [3.8, 4) is 0 Å². The topological polar surface area (TPSA) is 42.0 Å². The zero-order valence-corrected chi connectivity index (χ0v) is 6.87. The summed E-state index contributed by atoms with van der Waals surface area (Å²) in [5.41, 5.74) is 1.03. The smallest absolute Gasteiger partial charge is 0.233 e. The molecule has 1 aromatic rings. The summed E-state index contributed by atoms with van der Waals surface area (Å²) in [6, 6.07) is 3.82. The summed E-state index contributed by atoms with van der Waals surface area (Å²) in [4.78, 5) is 15.4. The van der Waals surface area contributed by atoms with Gasteiger partial charge in [0.15, 0.2) is 0 Å². The lowest BCUT2D eigenvalue weighted by Crippen LogP contribution is -2.10. The first-order valence-corrected chi connectivity index (χ1v) is 4.08. The fraction of sp³-hybridized carbons (Fsp3) is 0.333. The first-order valence-electron chi connectivity index (χ1n) is 4.08. The number of fused-ring (bicyclic) bond motifs is 1. The Morgan fingerprint density at radius 1 is 1.67 bits per heavy atom. The molecular formula is C9H10N2O. The van der Waals surface area contributed by atoms with Crippen LogP contribution in [0.25, 0.3) is 0 Å². The Hall–Kier alpha value is -1.38. The van der Waals surface area contributed by atoms with Crippen LogP contribution in [0, 0.1) is 0 Å². The molecule has 2 heterocycles. The van der Waals surface area contributed by atoms with Gasteiger partial charge in [0, 0.05) is 11.8 Å². The molecule has 3 nitrogen and oxygen atoms in total. The minimum atomic E-state index is 0.00806. The summed E-state index contributed by atoms with van der Waals surface area (Å²) in [6.45, 7) is 2.01. The fourth-order valence-electron chi connectivity index (χ4n) is 1.55. The molecule has 1 aliphatic rings. The quantitative estimate of drug-likeness (QED) is 0.680. The molecule has 0 aliphatic carbocycles. The van der Waals surface area contributed by atoms with E-state index in [1.165, 1.54) is 0 Å². The van der Waals surface area contributed by atoms with E-state index in [9.17, 15) is 4.79 Å². The van der Waals surface area contributed by atoms with Crippen molar-refractivity contribution in [2.75, 3.05) is 5.32 Å². The lowest BCUT2D eigenvalue weighted by Gasteiger charge is -2.01. The SMILES string of the molecule is CCC1C(=O)Nc2ncccc21. The summed E-state index contributed by atoms with van der Waals surface area (Å²) in [6.07, 6.45) is 2.53. The molecule has 1 unspecified atom stereocenters. The average molecular weight is 162 g/mol. The van der Waals surface area contributed by atoms with Crippen LogP contribution < -0.4 is 5.32 Å². The van der Waals surface area contributed by atoms with Crippen molar-refractivity contribution in [2.45, 2.75) is 19.3 Å². The predicted octanol–water partition coefficient (Wildman–Crippen LogP) is 1.53. The van der Waals surface area contributed by atoms with E-state index in [1.807, 2.05) is 19.1 Å². The van der Waals surface area contributed by atoms with Crippen molar-refractivity contribution >= 4 is 11.7 Å². The van der Waals surface area contributed by atoms with E-state index in [1.54, 1.807) is 6.20 Å². The Morgan fingerprint density at radius 2 is 2.50 bits per heavy atom. The molecule has 3 heteroatoms. The number of anilines is 1. The molecule has 0 aromatic carbocycles. The van der Waals surface area contributed by atoms with Crippen molar-refractivity contribution in [2.24, 2.45) is 0 Å². The standard InChI is InChI=1S/C9H10N2O/c1-2-6-7-4-3-5-10-8(7)11-9(6)12/h3-6H,2H2,1H3,(H,10,11,12). The monoisotopic (exact) mass is 162 g/mol. The van der Waals surface area contributed by atoms with Gasteiger partial charge in [-0.2, -0.15) is 0 Å². The summed E-state index contributed by atoms with van der Waals surface area (Å²) in [5.74, 6) is 0.814. The third-order valence-corrected chi connectivity index (χ3v) is 2.18. The van der Waals surface area contributed by atoms with Gasteiger partial charge in [0.1, 0.15) is 5.82 Å². The van der Waals surface area contributed by atoms with E-state index in [2.05, 4.69) is 10.3 Å². The minimum Gasteiger partial charge on any atom is -0.310 e. The van der Waals surface area contributed by atoms with Gasteiger partial charge in [0.05, 0.1) is 5.92 Å². The van der Waals surface area contributed by atoms with Crippen LogP contribution in [0.2, 0.25) is 0 Å².